The number of nitrogens with zero attached hydrogens (tertiary/aromatic N) is 2. The normalized spacial score (nSPS) is 16.1. The van der Waals surface area contributed by atoms with Crippen LogP contribution in [0.1, 0.15) is 6.42 Å². The summed E-state index contributed by atoms with van der Waals surface area (Å²) in [6, 6.07) is 9.89. The molecule has 0 radical (unpaired) electrons. The van der Waals surface area contributed by atoms with Gasteiger partial charge >= 0.3 is 0 Å². The van der Waals surface area contributed by atoms with Crippen LogP contribution in [0, 0.1) is 0 Å². The minimum atomic E-state index is 0.696. The molecule has 1 aromatic carbocycles. The van der Waals surface area contributed by atoms with Crippen LogP contribution in [-0.2, 0) is 4.74 Å². The molecule has 2 rings (SSSR count). The van der Waals surface area contributed by atoms with Crippen LogP contribution in [0.3, 0.4) is 0 Å². The van der Waals surface area contributed by atoms with Crippen molar-refractivity contribution in [2.75, 3.05) is 59.6 Å². The van der Waals surface area contributed by atoms with Gasteiger partial charge in [0.25, 0.3) is 0 Å². The standard InChI is InChI=1S/C17H28N4O2/c1-18-17(20-9-10-21-11-14-22-15-12-21)19-8-5-13-23-16-6-3-2-4-7-16/h2-4,6-7H,5,8-15H2,1H3,(H2,18,19,20). The zero-order chi connectivity index (χ0) is 16.2. The van der Waals surface area contributed by atoms with Gasteiger partial charge in [0.15, 0.2) is 5.96 Å². The van der Waals surface area contributed by atoms with Crippen LogP contribution in [0.2, 0.25) is 0 Å². The number of benzene rings is 1. The van der Waals surface area contributed by atoms with E-state index in [0.717, 1.165) is 64.1 Å². The summed E-state index contributed by atoms with van der Waals surface area (Å²) >= 11 is 0. The fourth-order valence-corrected chi connectivity index (χ4v) is 2.36. The summed E-state index contributed by atoms with van der Waals surface area (Å²) in [6.07, 6.45) is 0.930. The molecule has 1 aromatic rings. The molecule has 0 bridgehead atoms. The van der Waals surface area contributed by atoms with Gasteiger partial charge in [-0.15, -0.1) is 0 Å². The van der Waals surface area contributed by atoms with Gasteiger partial charge in [-0.25, -0.2) is 0 Å². The van der Waals surface area contributed by atoms with E-state index in [1.54, 1.807) is 7.05 Å². The van der Waals surface area contributed by atoms with E-state index in [1.807, 2.05) is 30.3 Å². The summed E-state index contributed by atoms with van der Waals surface area (Å²) in [6.45, 7) is 7.16. The number of aliphatic imine (C=N–C) groups is 1. The summed E-state index contributed by atoms with van der Waals surface area (Å²) in [4.78, 5) is 6.64. The van der Waals surface area contributed by atoms with E-state index in [4.69, 9.17) is 9.47 Å². The Labute approximate surface area is 138 Å². The molecule has 0 atom stereocenters. The third-order valence-corrected chi connectivity index (χ3v) is 3.67. The molecule has 0 aliphatic carbocycles. The average Bonchev–Trinajstić information content (AvgIpc) is 2.61. The van der Waals surface area contributed by atoms with Gasteiger partial charge in [-0.05, 0) is 18.6 Å². The Bertz CT molecular complexity index is 447. The lowest BCUT2D eigenvalue weighted by Gasteiger charge is -2.26. The number of morpholine rings is 1. The molecule has 1 heterocycles. The maximum absolute atomic E-state index is 5.66. The summed E-state index contributed by atoms with van der Waals surface area (Å²) in [5, 5.41) is 6.65. The number of nitrogens with one attached hydrogen (secondary N) is 2. The highest BCUT2D eigenvalue weighted by Crippen LogP contribution is 2.07. The van der Waals surface area contributed by atoms with Crippen LogP contribution in [-0.4, -0.2) is 70.5 Å². The second-order valence-corrected chi connectivity index (χ2v) is 5.39. The molecule has 0 spiro atoms. The van der Waals surface area contributed by atoms with Crippen LogP contribution >= 0.6 is 0 Å². The van der Waals surface area contributed by atoms with E-state index >= 15 is 0 Å². The van der Waals surface area contributed by atoms with Gasteiger partial charge in [0.05, 0.1) is 19.8 Å². The molecule has 0 saturated carbocycles. The number of rotatable bonds is 8. The summed E-state index contributed by atoms with van der Waals surface area (Å²) in [7, 11) is 1.80. The number of para-hydroxylation sites is 1. The van der Waals surface area contributed by atoms with Gasteiger partial charge in [-0.2, -0.15) is 0 Å². The van der Waals surface area contributed by atoms with Gasteiger partial charge in [-0.1, -0.05) is 18.2 Å². The molecule has 23 heavy (non-hydrogen) atoms. The van der Waals surface area contributed by atoms with Crippen LogP contribution in [0.5, 0.6) is 5.75 Å². The second kappa shape index (κ2) is 10.9. The highest BCUT2D eigenvalue weighted by atomic mass is 16.5. The summed E-state index contributed by atoms with van der Waals surface area (Å²) in [5.74, 6) is 1.76. The summed E-state index contributed by atoms with van der Waals surface area (Å²) < 4.78 is 11.0. The zero-order valence-corrected chi connectivity index (χ0v) is 14.0. The van der Waals surface area contributed by atoms with Gasteiger partial charge in [0.2, 0.25) is 0 Å². The number of hydrogen-bond acceptors (Lipinski definition) is 4. The first-order valence-electron chi connectivity index (χ1n) is 8.31. The molecule has 6 heteroatoms. The maximum Gasteiger partial charge on any atom is 0.191 e. The highest BCUT2D eigenvalue weighted by Gasteiger charge is 2.09. The van der Waals surface area contributed by atoms with E-state index in [2.05, 4.69) is 20.5 Å². The monoisotopic (exact) mass is 320 g/mol. The molecule has 6 nitrogen and oxygen atoms in total. The minimum Gasteiger partial charge on any atom is -0.494 e. The number of hydrogen-bond donors (Lipinski definition) is 2. The Morgan fingerprint density at radius 3 is 2.65 bits per heavy atom. The lowest BCUT2D eigenvalue weighted by Crippen LogP contribution is -2.44. The van der Waals surface area contributed by atoms with E-state index in [1.165, 1.54) is 0 Å². The molecule has 0 aromatic heterocycles. The van der Waals surface area contributed by atoms with E-state index in [0.29, 0.717) is 6.61 Å². The molecule has 0 amide bonds. The fourth-order valence-electron chi connectivity index (χ4n) is 2.36. The number of guanidine groups is 1. The predicted octanol–water partition coefficient (Wildman–Crippen LogP) is 0.953. The molecule has 0 unspecified atom stereocenters. The third-order valence-electron chi connectivity index (χ3n) is 3.67. The van der Waals surface area contributed by atoms with Gasteiger partial charge in [0.1, 0.15) is 5.75 Å². The highest BCUT2D eigenvalue weighted by molar-refractivity contribution is 5.79. The van der Waals surface area contributed by atoms with E-state index in [-0.39, 0.29) is 0 Å². The van der Waals surface area contributed by atoms with Crippen molar-refractivity contribution >= 4 is 5.96 Å². The van der Waals surface area contributed by atoms with Gasteiger partial charge < -0.3 is 20.1 Å². The smallest absolute Gasteiger partial charge is 0.191 e. The van der Waals surface area contributed by atoms with Gasteiger partial charge in [-0.3, -0.25) is 9.89 Å². The molecule has 128 valence electrons. The van der Waals surface area contributed by atoms with Crippen molar-refractivity contribution in [2.45, 2.75) is 6.42 Å². The molecular weight excluding hydrogens is 292 g/mol. The van der Waals surface area contributed by atoms with Crippen molar-refractivity contribution in [3.8, 4) is 5.75 Å². The topological polar surface area (TPSA) is 58.1 Å². The first-order chi connectivity index (χ1) is 11.4. The summed E-state index contributed by atoms with van der Waals surface area (Å²) in [5.41, 5.74) is 0. The van der Waals surface area contributed by atoms with Crippen molar-refractivity contribution in [3.05, 3.63) is 30.3 Å². The molecule has 1 fully saturated rings. The van der Waals surface area contributed by atoms with Crippen molar-refractivity contribution in [2.24, 2.45) is 4.99 Å². The lowest BCUT2D eigenvalue weighted by molar-refractivity contribution is 0.0389. The largest absolute Gasteiger partial charge is 0.494 e. The van der Waals surface area contributed by atoms with Crippen LogP contribution in [0.15, 0.2) is 35.3 Å². The maximum atomic E-state index is 5.66. The van der Waals surface area contributed by atoms with Crippen molar-refractivity contribution in [1.29, 1.82) is 0 Å². The Morgan fingerprint density at radius 2 is 1.91 bits per heavy atom. The van der Waals surface area contributed by atoms with Crippen LogP contribution in [0.4, 0.5) is 0 Å². The molecule has 1 aliphatic rings. The zero-order valence-electron chi connectivity index (χ0n) is 14.0. The Balaban J connectivity index is 1.51. The SMILES string of the molecule is CN=C(NCCCOc1ccccc1)NCCN1CCOCC1. The predicted molar refractivity (Wildman–Crippen MR) is 93.2 cm³/mol. The molecule has 1 aliphatic heterocycles. The van der Waals surface area contributed by atoms with E-state index in [9.17, 15) is 0 Å². The number of ether oxygens (including phenoxy) is 2. The fraction of sp³-hybridized carbons (Fsp3) is 0.588. The Morgan fingerprint density at radius 1 is 1.17 bits per heavy atom. The second-order valence-electron chi connectivity index (χ2n) is 5.39. The molecule has 2 N–H and O–H groups in total. The Kier molecular flexibility index (Phi) is 8.29. The minimum absolute atomic E-state index is 0.696. The average molecular weight is 320 g/mol. The quantitative estimate of drug-likeness (QED) is 0.424. The molecule has 1 saturated heterocycles. The Hall–Kier alpha value is -1.79. The van der Waals surface area contributed by atoms with Crippen molar-refractivity contribution < 1.29 is 9.47 Å². The van der Waals surface area contributed by atoms with Gasteiger partial charge in [0, 0.05) is 39.8 Å². The van der Waals surface area contributed by atoms with Crippen LogP contribution < -0.4 is 15.4 Å². The first kappa shape index (κ1) is 17.6. The first-order valence-corrected chi connectivity index (χ1v) is 8.31. The van der Waals surface area contributed by atoms with Crippen molar-refractivity contribution in [1.82, 2.24) is 15.5 Å². The lowest BCUT2D eigenvalue weighted by atomic mass is 10.3. The van der Waals surface area contributed by atoms with Crippen molar-refractivity contribution in [3.63, 3.8) is 0 Å². The molecular formula is C17H28N4O2. The van der Waals surface area contributed by atoms with Crippen LogP contribution in [0.25, 0.3) is 0 Å². The van der Waals surface area contributed by atoms with E-state index < -0.39 is 0 Å². The third kappa shape index (κ3) is 7.34.